The minimum atomic E-state index is -0.857. The molecule has 0 saturated heterocycles. The lowest BCUT2D eigenvalue weighted by molar-refractivity contribution is -0.140. The summed E-state index contributed by atoms with van der Waals surface area (Å²) in [5.74, 6) is -0.822. The number of aromatic nitrogens is 1. The summed E-state index contributed by atoms with van der Waals surface area (Å²) in [5.41, 5.74) is 2.17. The lowest BCUT2D eigenvalue weighted by atomic mass is 10.1. The highest BCUT2D eigenvalue weighted by Gasteiger charge is 2.18. The van der Waals surface area contributed by atoms with Gasteiger partial charge >= 0.3 is 5.97 Å². The number of aliphatic carboxylic acids is 1. The van der Waals surface area contributed by atoms with Crippen molar-refractivity contribution >= 4 is 11.8 Å². The predicted molar refractivity (Wildman–Crippen MR) is 68.5 cm³/mol. The minimum Gasteiger partial charge on any atom is -0.481 e. The second kappa shape index (κ2) is 5.50. The van der Waals surface area contributed by atoms with Gasteiger partial charge in [0.15, 0.2) is 0 Å². The van der Waals surface area contributed by atoms with Crippen molar-refractivity contribution in [2.24, 2.45) is 5.92 Å². The van der Waals surface area contributed by atoms with E-state index in [2.05, 4.69) is 11.1 Å². The fourth-order valence-electron chi connectivity index (χ4n) is 1.81. The number of anilines is 1. The zero-order valence-corrected chi connectivity index (χ0v) is 11.1. The van der Waals surface area contributed by atoms with Crippen molar-refractivity contribution in [2.75, 3.05) is 18.5 Å². The highest BCUT2D eigenvalue weighted by molar-refractivity contribution is 5.70. The lowest BCUT2D eigenvalue weighted by Gasteiger charge is -2.22. The normalized spacial score (nSPS) is 11.7. The van der Waals surface area contributed by atoms with Gasteiger partial charge in [-0.1, -0.05) is 6.92 Å². The standard InChI is InChI=1S/C13H17N3O2/c1-8-5-10(3)15-12(11(8)6-14)16(4)7-9(2)13(17)18/h5,9H,7H2,1-4H3,(H,17,18)/t9-/m1/s1. The van der Waals surface area contributed by atoms with Crippen LogP contribution >= 0.6 is 0 Å². The number of aryl methyl sites for hydroxylation is 2. The van der Waals surface area contributed by atoms with Crippen LogP contribution in [0.2, 0.25) is 0 Å². The minimum absolute atomic E-state index is 0.319. The molecule has 1 heterocycles. The summed E-state index contributed by atoms with van der Waals surface area (Å²) in [6, 6.07) is 3.97. The van der Waals surface area contributed by atoms with E-state index in [0.29, 0.717) is 17.9 Å². The maximum absolute atomic E-state index is 10.8. The molecule has 1 N–H and O–H groups in total. The molecule has 0 radical (unpaired) electrons. The summed E-state index contributed by atoms with van der Waals surface area (Å²) in [6.07, 6.45) is 0. The van der Waals surface area contributed by atoms with Crippen LogP contribution in [0.1, 0.15) is 23.7 Å². The molecule has 0 aliphatic carbocycles. The molecule has 96 valence electrons. The van der Waals surface area contributed by atoms with Gasteiger partial charge in [-0.15, -0.1) is 0 Å². The number of carboxylic acids is 1. The van der Waals surface area contributed by atoms with E-state index < -0.39 is 11.9 Å². The average molecular weight is 247 g/mol. The average Bonchev–Trinajstić information content (AvgIpc) is 2.27. The number of hydrogen-bond acceptors (Lipinski definition) is 4. The third-order valence-corrected chi connectivity index (χ3v) is 2.77. The van der Waals surface area contributed by atoms with Gasteiger partial charge in [-0.2, -0.15) is 5.26 Å². The van der Waals surface area contributed by atoms with Crippen LogP contribution in [0.5, 0.6) is 0 Å². The molecular weight excluding hydrogens is 230 g/mol. The van der Waals surface area contributed by atoms with Crippen molar-refractivity contribution in [3.8, 4) is 6.07 Å². The first kappa shape index (κ1) is 14.0. The van der Waals surface area contributed by atoms with E-state index >= 15 is 0 Å². The van der Waals surface area contributed by atoms with Crippen molar-refractivity contribution in [3.05, 3.63) is 22.9 Å². The molecule has 0 aliphatic heterocycles. The quantitative estimate of drug-likeness (QED) is 0.876. The molecule has 1 atom stereocenters. The number of pyridine rings is 1. The molecule has 1 aromatic heterocycles. The summed E-state index contributed by atoms with van der Waals surface area (Å²) >= 11 is 0. The first-order chi connectivity index (χ1) is 8.36. The molecule has 1 aromatic rings. The first-order valence-corrected chi connectivity index (χ1v) is 5.69. The predicted octanol–water partition coefficient (Wildman–Crippen LogP) is 1.73. The highest BCUT2D eigenvalue weighted by Crippen LogP contribution is 2.21. The molecule has 0 amide bonds. The third kappa shape index (κ3) is 2.98. The smallest absolute Gasteiger partial charge is 0.308 e. The second-order valence-corrected chi connectivity index (χ2v) is 4.51. The summed E-state index contributed by atoms with van der Waals surface area (Å²) < 4.78 is 0. The molecule has 5 heteroatoms. The number of carboxylic acid groups (broad SMARTS) is 1. The van der Waals surface area contributed by atoms with Crippen molar-refractivity contribution < 1.29 is 9.90 Å². The molecule has 5 nitrogen and oxygen atoms in total. The topological polar surface area (TPSA) is 77.2 Å². The third-order valence-electron chi connectivity index (χ3n) is 2.77. The van der Waals surface area contributed by atoms with E-state index in [0.717, 1.165) is 11.3 Å². The maximum atomic E-state index is 10.8. The van der Waals surface area contributed by atoms with Crippen LogP contribution in [0.25, 0.3) is 0 Å². The van der Waals surface area contributed by atoms with Gasteiger partial charge in [0.2, 0.25) is 0 Å². The van der Waals surface area contributed by atoms with Crippen molar-refractivity contribution in [3.63, 3.8) is 0 Å². The number of hydrogen-bond donors (Lipinski definition) is 1. The van der Waals surface area contributed by atoms with E-state index in [4.69, 9.17) is 10.4 Å². The van der Waals surface area contributed by atoms with Gasteiger partial charge in [0, 0.05) is 19.3 Å². The van der Waals surface area contributed by atoms with E-state index in [9.17, 15) is 4.79 Å². The van der Waals surface area contributed by atoms with Crippen LogP contribution in [-0.4, -0.2) is 29.7 Å². The van der Waals surface area contributed by atoms with Crippen molar-refractivity contribution in [1.29, 1.82) is 5.26 Å². The van der Waals surface area contributed by atoms with Crippen molar-refractivity contribution in [1.82, 2.24) is 4.98 Å². The second-order valence-electron chi connectivity index (χ2n) is 4.51. The highest BCUT2D eigenvalue weighted by atomic mass is 16.4. The van der Waals surface area contributed by atoms with Gasteiger partial charge in [0.25, 0.3) is 0 Å². The molecule has 0 saturated carbocycles. The SMILES string of the molecule is Cc1cc(C)c(C#N)c(N(C)C[C@@H](C)C(=O)O)n1. The summed E-state index contributed by atoms with van der Waals surface area (Å²) in [7, 11) is 1.75. The molecule has 0 unspecified atom stereocenters. The fraction of sp³-hybridized carbons (Fsp3) is 0.462. The summed E-state index contributed by atoms with van der Waals surface area (Å²) in [6.45, 7) is 5.66. The molecule has 0 aliphatic rings. The molecule has 18 heavy (non-hydrogen) atoms. The number of carbonyl (C=O) groups is 1. The van der Waals surface area contributed by atoms with Gasteiger partial charge in [-0.05, 0) is 25.5 Å². The summed E-state index contributed by atoms with van der Waals surface area (Å²) in [4.78, 5) is 16.9. The Balaban J connectivity index is 3.09. The van der Waals surface area contributed by atoms with E-state index in [-0.39, 0.29) is 0 Å². The Morgan fingerprint density at radius 2 is 2.22 bits per heavy atom. The van der Waals surface area contributed by atoms with Gasteiger partial charge in [0.1, 0.15) is 11.9 Å². The van der Waals surface area contributed by atoms with Gasteiger partial charge in [0.05, 0.1) is 11.5 Å². The van der Waals surface area contributed by atoms with Gasteiger partial charge < -0.3 is 10.0 Å². The zero-order chi connectivity index (χ0) is 13.9. The molecule has 1 rings (SSSR count). The molecular formula is C13H17N3O2. The van der Waals surface area contributed by atoms with E-state index in [1.165, 1.54) is 0 Å². The zero-order valence-electron chi connectivity index (χ0n) is 11.1. The van der Waals surface area contributed by atoms with Crippen molar-refractivity contribution in [2.45, 2.75) is 20.8 Å². The van der Waals surface area contributed by atoms with E-state index in [1.807, 2.05) is 19.9 Å². The van der Waals surface area contributed by atoms with Gasteiger partial charge in [-0.25, -0.2) is 4.98 Å². The maximum Gasteiger partial charge on any atom is 0.308 e. The molecule has 0 fully saturated rings. The monoisotopic (exact) mass is 247 g/mol. The van der Waals surface area contributed by atoms with Crippen LogP contribution in [0.3, 0.4) is 0 Å². The van der Waals surface area contributed by atoms with Crippen LogP contribution in [0.4, 0.5) is 5.82 Å². The Hall–Kier alpha value is -2.09. The first-order valence-electron chi connectivity index (χ1n) is 5.69. The van der Waals surface area contributed by atoms with E-state index in [1.54, 1.807) is 18.9 Å². The summed E-state index contributed by atoms with van der Waals surface area (Å²) in [5, 5.41) is 18.1. The Kier molecular flexibility index (Phi) is 4.27. The Morgan fingerprint density at radius 3 is 2.72 bits per heavy atom. The number of nitriles is 1. The largest absolute Gasteiger partial charge is 0.481 e. The van der Waals surface area contributed by atoms with Crippen LogP contribution in [-0.2, 0) is 4.79 Å². The lowest BCUT2D eigenvalue weighted by Crippen LogP contribution is -2.29. The Labute approximate surface area is 107 Å². The van der Waals surface area contributed by atoms with Gasteiger partial charge in [-0.3, -0.25) is 4.79 Å². The number of rotatable bonds is 4. The molecule has 0 bridgehead atoms. The Morgan fingerprint density at radius 1 is 1.61 bits per heavy atom. The fourth-order valence-corrected chi connectivity index (χ4v) is 1.81. The van der Waals surface area contributed by atoms with Crippen LogP contribution in [0, 0.1) is 31.1 Å². The Bertz CT molecular complexity index is 506. The number of nitrogens with zero attached hydrogens (tertiary/aromatic N) is 3. The molecule has 0 aromatic carbocycles. The van der Waals surface area contributed by atoms with Crippen LogP contribution < -0.4 is 4.90 Å². The molecule has 0 spiro atoms. The van der Waals surface area contributed by atoms with Crippen LogP contribution in [0.15, 0.2) is 6.07 Å².